The number of aromatic amines is 2. The molecule has 0 saturated carbocycles. The zero-order chi connectivity index (χ0) is 40.0. The zero-order valence-corrected chi connectivity index (χ0v) is 34.0. The summed E-state index contributed by atoms with van der Waals surface area (Å²) in [7, 11) is 1.69. The molecule has 0 amide bonds. The van der Waals surface area contributed by atoms with Crippen LogP contribution < -0.4 is 30.3 Å². The molecule has 0 spiro atoms. The van der Waals surface area contributed by atoms with Crippen molar-refractivity contribution < 1.29 is 18.9 Å². The van der Waals surface area contributed by atoms with Gasteiger partial charge in [0.05, 0.1) is 25.7 Å². The largest absolute Gasteiger partial charge is 0.499 e. The van der Waals surface area contributed by atoms with E-state index in [1.54, 1.807) is 7.11 Å². The second kappa shape index (κ2) is 17.9. The standard InChI is InChI=1S/C48H56N6O4/c1-32(2)58-38-7-11-44-40(29-38)48-42(36(13-19-50)5-9-46(48)52-44)31-57-27-25-54-22-16-34(17-23-54)33-14-20-53(21-15-33)24-26-56-30-41-35(12-18-49)4-8-45-47(41)39-28-37(55-3)6-10-43(39)51-45/h4-13,18-19,28-34,49-52H,14-17,20-27H2,1-3H3/b35-12-,36-13-,41-30+,42-31+,49-18?,50-19?. The van der Waals surface area contributed by atoms with Crippen LogP contribution in [0.1, 0.15) is 39.5 Å². The van der Waals surface area contributed by atoms with Gasteiger partial charge in [0.25, 0.3) is 0 Å². The minimum absolute atomic E-state index is 0.0944. The van der Waals surface area contributed by atoms with Crippen molar-refractivity contribution in [3.63, 3.8) is 0 Å². The average Bonchev–Trinajstić information content (AvgIpc) is 3.80. The van der Waals surface area contributed by atoms with Crippen LogP contribution in [0.25, 0.3) is 68.3 Å². The molecular formula is C48H56N6O4. The Bertz CT molecular complexity index is 2660. The van der Waals surface area contributed by atoms with Gasteiger partial charge in [-0.3, -0.25) is 9.80 Å². The molecule has 2 aliphatic heterocycles. The average molecular weight is 781 g/mol. The Morgan fingerprint density at radius 1 is 0.638 bits per heavy atom. The summed E-state index contributed by atoms with van der Waals surface area (Å²) in [6.45, 7) is 11.6. The topological polar surface area (TPSA) is 123 Å². The summed E-state index contributed by atoms with van der Waals surface area (Å²) in [6.07, 6.45) is 15.2. The van der Waals surface area contributed by atoms with Crippen LogP contribution in [0, 0.1) is 22.7 Å². The number of methoxy groups -OCH3 is 1. The van der Waals surface area contributed by atoms with Crippen molar-refractivity contribution in [1.29, 1.82) is 10.8 Å². The highest BCUT2D eigenvalue weighted by atomic mass is 16.5. The number of nitrogens with zero attached hydrogens (tertiary/aromatic N) is 2. The van der Waals surface area contributed by atoms with Gasteiger partial charge in [-0.2, -0.15) is 0 Å². The van der Waals surface area contributed by atoms with Crippen molar-refractivity contribution in [2.45, 2.75) is 45.6 Å². The molecule has 0 aliphatic carbocycles. The summed E-state index contributed by atoms with van der Waals surface area (Å²) in [5.41, 5.74) is 4.18. The summed E-state index contributed by atoms with van der Waals surface area (Å²) in [5.74, 6) is 3.24. The molecule has 0 unspecified atom stereocenters. The molecule has 302 valence electrons. The highest BCUT2D eigenvalue weighted by molar-refractivity contribution is 6.09. The number of nitrogens with one attached hydrogen (secondary N) is 4. The van der Waals surface area contributed by atoms with Crippen LogP contribution >= 0.6 is 0 Å². The first-order valence-electron chi connectivity index (χ1n) is 20.8. The van der Waals surface area contributed by atoms with Gasteiger partial charge in [-0.1, -0.05) is 12.1 Å². The summed E-state index contributed by atoms with van der Waals surface area (Å²) in [4.78, 5) is 12.2. The Morgan fingerprint density at radius 2 is 1.09 bits per heavy atom. The van der Waals surface area contributed by atoms with Gasteiger partial charge in [0.2, 0.25) is 0 Å². The lowest BCUT2D eigenvalue weighted by atomic mass is 9.79. The van der Waals surface area contributed by atoms with E-state index < -0.39 is 0 Å². The number of H-pyrrole nitrogens is 2. The first-order chi connectivity index (χ1) is 28.4. The summed E-state index contributed by atoms with van der Waals surface area (Å²) in [6, 6.07) is 20.5. The molecule has 0 bridgehead atoms. The Balaban J connectivity index is 0.824. The molecule has 2 aromatic heterocycles. The van der Waals surface area contributed by atoms with Gasteiger partial charge in [0.15, 0.2) is 0 Å². The van der Waals surface area contributed by atoms with Gasteiger partial charge in [0.1, 0.15) is 24.7 Å². The Labute approximate surface area is 339 Å². The number of fused-ring (bicyclic) bond motifs is 6. The molecule has 6 aromatic rings. The molecular weight excluding hydrogens is 725 g/mol. The maximum Gasteiger partial charge on any atom is 0.120 e. The van der Waals surface area contributed by atoms with Crippen molar-refractivity contribution in [2.75, 3.05) is 59.6 Å². The summed E-state index contributed by atoms with van der Waals surface area (Å²) in [5, 5.41) is 23.7. The van der Waals surface area contributed by atoms with Crippen LogP contribution in [-0.2, 0) is 9.47 Å². The number of ether oxygens (including phenoxy) is 4. The fourth-order valence-corrected chi connectivity index (χ4v) is 9.17. The van der Waals surface area contributed by atoms with Crippen LogP contribution in [0.3, 0.4) is 0 Å². The van der Waals surface area contributed by atoms with Gasteiger partial charge in [-0.15, -0.1) is 0 Å². The van der Waals surface area contributed by atoms with Gasteiger partial charge >= 0.3 is 0 Å². The minimum Gasteiger partial charge on any atom is -0.499 e. The van der Waals surface area contributed by atoms with E-state index in [0.29, 0.717) is 13.2 Å². The van der Waals surface area contributed by atoms with Crippen molar-refractivity contribution in [1.82, 2.24) is 19.8 Å². The van der Waals surface area contributed by atoms with E-state index in [1.807, 2.05) is 68.9 Å². The van der Waals surface area contributed by atoms with Crippen LogP contribution in [0.5, 0.6) is 11.5 Å². The van der Waals surface area contributed by atoms with E-state index in [1.165, 1.54) is 38.1 Å². The van der Waals surface area contributed by atoms with Gasteiger partial charge in [-0.05, 0) is 149 Å². The van der Waals surface area contributed by atoms with E-state index >= 15 is 0 Å². The third-order valence-electron chi connectivity index (χ3n) is 12.1. The zero-order valence-electron chi connectivity index (χ0n) is 34.0. The second-order valence-electron chi connectivity index (χ2n) is 16.0. The second-order valence-corrected chi connectivity index (χ2v) is 16.0. The molecule has 4 aromatic carbocycles. The molecule has 10 nitrogen and oxygen atoms in total. The monoisotopic (exact) mass is 780 g/mol. The lowest BCUT2D eigenvalue weighted by Crippen LogP contribution is -2.42. The number of rotatable bonds is 14. The van der Waals surface area contributed by atoms with Crippen molar-refractivity contribution >= 4 is 80.7 Å². The Hall–Kier alpha value is -5.58. The Kier molecular flexibility index (Phi) is 12.1. The molecule has 8 rings (SSSR count). The third kappa shape index (κ3) is 8.49. The summed E-state index contributed by atoms with van der Waals surface area (Å²) < 4.78 is 24.0. The fourth-order valence-electron chi connectivity index (χ4n) is 9.17. The van der Waals surface area contributed by atoms with Crippen molar-refractivity contribution in [3.8, 4) is 11.5 Å². The first-order valence-corrected chi connectivity index (χ1v) is 20.8. The SMILES string of the molecule is COc1ccc2[nH]c3ccc(=C/C=N)/c(=C\OCCN4CCC(C5CCN(CCO/C=c6\c(=C/C=N)ccc7[nH]c8ccc(OC(C)C)cc8c67)CC5)CC4)c3c2c1. The van der Waals surface area contributed by atoms with E-state index in [0.717, 1.165) is 127 Å². The molecule has 0 radical (unpaired) electrons. The minimum atomic E-state index is 0.0944. The number of benzene rings is 4. The van der Waals surface area contributed by atoms with Crippen molar-refractivity contribution in [2.24, 2.45) is 11.8 Å². The van der Waals surface area contributed by atoms with E-state index in [2.05, 4.69) is 50.1 Å². The van der Waals surface area contributed by atoms with Crippen LogP contribution in [0.2, 0.25) is 0 Å². The quantitative estimate of drug-likeness (QED) is 0.0767. The maximum absolute atomic E-state index is 7.76. The van der Waals surface area contributed by atoms with Gasteiger partial charge in [-0.25, -0.2) is 0 Å². The maximum atomic E-state index is 7.76. The highest BCUT2D eigenvalue weighted by Gasteiger charge is 2.29. The molecule has 10 heteroatoms. The van der Waals surface area contributed by atoms with Gasteiger partial charge in [0, 0.05) is 79.6 Å². The van der Waals surface area contributed by atoms with Crippen LogP contribution in [-0.4, -0.2) is 97.9 Å². The van der Waals surface area contributed by atoms with E-state index in [4.69, 9.17) is 29.8 Å². The van der Waals surface area contributed by atoms with Crippen molar-refractivity contribution in [3.05, 3.63) is 81.5 Å². The number of hydrogen-bond donors (Lipinski definition) is 4. The molecule has 4 N–H and O–H groups in total. The predicted molar refractivity (Wildman–Crippen MR) is 238 cm³/mol. The highest BCUT2D eigenvalue weighted by Crippen LogP contribution is 2.33. The van der Waals surface area contributed by atoms with E-state index in [-0.39, 0.29) is 6.10 Å². The lowest BCUT2D eigenvalue weighted by molar-refractivity contribution is 0.0820. The van der Waals surface area contributed by atoms with Crippen LogP contribution in [0.4, 0.5) is 0 Å². The molecule has 2 fully saturated rings. The predicted octanol–water partition coefficient (Wildman–Crippen LogP) is 6.24. The molecule has 58 heavy (non-hydrogen) atoms. The first kappa shape index (κ1) is 39.3. The normalized spacial score (nSPS) is 17.7. The van der Waals surface area contributed by atoms with Crippen LogP contribution in [0.15, 0.2) is 60.7 Å². The lowest BCUT2D eigenvalue weighted by Gasteiger charge is -2.40. The molecule has 4 heterocycles. The molecule has 0 atom stereocenters. The fraction of sp³-hybridized carbons (Fsp3) is 0.375. The summed E-state index contributed by atoms with van der Waals surface area (Å²) >= 11 is 0. The molecule has 2 saturated heterocycles. The van der Waals surface area contributed by atoms with Gasteiger partial charge < -0.3 is 39.7 Å². The number of aromatic nitrogens is 2. The number of likely N-dealkylation sites (tertiary alicyclic amines) is 2. The Morgan fingerprint density at radius 3 is 1.53 bits per heavy atom. The molecule has 2 aliphatic rings. The van der Waals surface area contributed by atoms with E-state index in [9.17, 15) is 0 Å². The smallest absolute Gasteiger partial charge is 0.120 e. The number of hydrogen-bond acceptors (Lipinski definition) is 8. The third-order valence-corrected chi connectivity index (χ3v) is 12.1. The number of piperidine rings is 2.